The summed E-state index contributed by atoms with van der Waals surface area (Å²) in [6, 6.07) is 7.76. The van der Waals surface area contributed by atoms with E-state index in [1.807, 2.05) is 29.2 Å². The summed E-state index contributed by atoms with van der Waals surface area (Å²) >= 11 is 3.40. The van der Waals surface area contributed by atoms with Gasteiger partial charge in [0.05, 0.1) is 6.42 Å². The van der Waals surface area contributed by atoms with E-state index in [4.69, 9.17) is 5.11 Å². The van der Waals surface area contributed by atoms with Gasteiger partial charge in [-0.1, -0.05) is 28.1 Å². The van der Waals surface area contributed by atoms with Gasteiger partial charge in [0.1, 0.15) is 0 Å². The second-order valence-corrected chi connectivity index (χ2v) is 6.15. The molecule has 1 aromatic rings. The summed E-state index contributed by atoms with van der Waals surface area (Å²) in [4.78, 5) is 24.6. The molecule has 1 atom stereocenters. The summed E-state index contributed by atoms with van der Waals surface area (Å²) in [7, 11) is 0. The van der Waals surface area contributed by atoms with E-state index in [2.05, 4.69) is 15.9 Å². The molecule has 20 heavy (non-hydrogen) atoms. The molecule has 0 bridgehead atoms. The van der Waals surface area contributed by atoms with Gasteiger partial charge < -0.3 is 10.0 Å². The van der Waals surface area contributed by atoms with Crippen LogP contribution in [0.1, 0.15) is 24.8 Å². The lowest BCUT2D eigenvalue weighted by Crippen LogP contribution is -2.30. The van der Waals surface area contributed by atoms with E-state index in [0.717, 1.165) is 23.0 Å². The molecule has 1 aliphatic rings. The van der Waals surface area contributed by atoms with Gasteiger partial charge in [-0.15, -0.1) is 0 Å². The number of rotatable bonds is 5. The molecule has 0 saturated carbocycles. The maximum absolute atomic E-state index is 12.2. The average molecular weight is 340 g/mol. The number of carboxylic acid groups (broad SMARTS) is 1. The molecule has 1 heterocycles. The summed E-state index contributed by atoms with van der Waals surface area (Å²) < 4.78 is 0.976. The molecule has 4 nitrogen and oxygen atoms in total. The van der Waals surface area contributed by atoms with E-state index in [9.17, 15) is 9.59 Å². The largest absolute Gasteiger partial charge is 0.481 e. The molecule has 1 saturated heterocycles. The van der Waals surface area contributed by atoms with Crippen LogP contribution in [-0.4, -0.2) is 35.0 Å². The van der Waals surface area contributed by atoms with Crippen molar-refractivity contribution in [2.45, 2.75) is 25.7 Å². The lowest BCUT2D eigenvalue weighted by molar-refractivity contribution is -0.137. The predicted octanol–water partition coefficient (Wildman–Crippen LogP) is 2.70. The first-order valence-electron chi connectivity index (χ1n) is 6.78. The van der Waals surface area contributed by atoms with Crippen LogP contribution >= 0.6 is 15.9 Å². The Bertz CT molecular complexity index is 504. The smallest absolute Gasteiger partial charge is 0.303 e. The molecule has 2 rings (SSSR count). The van der Waals surface area contributed by atoms with Crippen molar-refractivity contribution >= 4 is 27.8 Å². The molecule has 0 aliphatic carbocycles. The van der Waals surface area contributed by atoms with Crippen molar-refractivity contribution in [3.05, 3.63) is 34.3 Å². The lowest BCUT2D eigenvalue weighted by atomic mass is 10.0. The molecular weight excluding hydrogens is 322 g/mol. The average Bonchev–Trinajstić information content (AvgIpc) is 2.85. The minimum Gasteiger partial charge on any atom is -0.481 e. The maximum atomic E-state index is 12.2. The van der Waals surface area contributed by atoms with Gasteiger partial charge in [-0.25, -0.2) is 0 Å². The molecule has 1 fully saturated rings. The highest BCUT2D eigenvalue weighted by Crippen LogP contribution is 2.22. The Kier molecular flexibility index (Phi) is 5.17. The molecule has 1 unspecified atom stereocenters. The molecule has 1 amide bonds. The van der Waals surface area contributed by atoms with Gasteiger partial charge in [-0.05, 0) is 36.5 Å². The fraction of sp³-hybridized carbons (Fsp3) is 0.467. The van der Waals surface area contributed by atoms with Crippen molar-refractivity contribution in [3.63, 3.8) is 0 Å². The molecule has 0 spiro atoms. The second kappa shape index (κ2) is 6.88. The number of nitrogens with zero attached hydrogens (tertiary/aromatic N) is 1. The van der Waals surface area contributed by atoms with Gasteiger partial charge in [0.25, 0.3) is 0 Å². The van der Waals surface area contributed by atoms with E-state index in [1.165, 1.54) is 0 Å². The predicted molar refractivity (Wildman–Crippen MR) is 79.4 cm³/mol. The standard InChI is InChI=1S/C15H18BrNO3/c16-13-3-1-2-12(8-13)9-14(18)17-7-6-11(10-17)4-5-15(19)20/h1-3,8,11H,4-7,9-10H2,(H,19,20). The number of amides is 1. The van der Waals surface area contributed by atoms with Crippen LogP contribution < -0.4 is 0 Å². The second-order valence-electron chi connectivity index (χ2n) is 5.23. The molecule has 108 valence electrons. The van der Waals surface area contributed by atoms with Crippen LogP contribution in [0, 0.1) is 5.92 Å². The van der Waals surface area contributed by atoms with Crippen LogP contribution in [0.2, 0.25) is 0 Å². The highest BCUT2D eigenvalue weighted by molar-refractivity contribution is 9.10. The minimum atomic E-state index is -0.760. The zero-order valence-corrected chi connectivity index (χ0v) is 12.8. The van der Waals surface area contributed by atoms with Gasteiger partial charge >= 0.3 is 5.97 Å². The maximum Gasteiger partial charge on any atom is 0.303 e. The zero-order valence-electron chi connectivity index (χ0n) is 11.2. The lowest BCUT2D eigenvalue weighted by Gasteiger charge is -2.16. The molecule has 1 aromatic carbocycles. The number of benzene rings is 1. The van der Waals surface area contributed by atoms with Crippen molar-refractivity contribution in [2.75, 3.05) is 13.1 Å². The Hall–Kier alpha value is -1.36. The molecular formula is C15H18BrNO3. The van der Waals surface area contributed by atoms with Crippen LogP contribution in [0.3, 0.4) is 0 Å². The van der Waals surface area contributed by atoms with Crippen LogP contribution in [0.4, 0.5) is 0 Å². The van der Waals surface area contributed by atoms with Crippen LogP contribution in [0.15, 0.2) is 28.7 Å². The number of carbonyl (C=O) groups is 2. The van der Waals surface area contributed by atoms with Gasteiger partial charge in [0.15, 0.2) is 0 Å². The Labute approximate surface area is 126 Å². The highest BCUT2D eigenvalue weighted by Gasteiger charge is 2.26. The normalized spacial score (nSPS) is 18.2. The Morgan fingerprint density at radius 1 is 1.40 bits per heavy atom. The summed E-state index contributed by atoms with van der Waals surface area (Å²) in [6.07, 6.45) is 2.18. The van der Waals surface area contributed by atoms with Crippen LogP contribution in [0.5, 0.6) is 0 Å². The van der Waals surface area contributed by atoms with Gasteiger partial charge in [0, 0.05) is 24.0 Å². The third-order valence-corrected chi connectivity index (χ3v) is 4.14. The van der Waals surface area contributed by atoms with E-state index in [0.29, 0.717) is 25.3 Å². The number of aliphatic carboxylic acids is 1. The third kappa shape index (κ3) is 4.34. The third-order valence-electron chi connectivity index (χ3n) is 3.65. The molecule has 0 radical (unpaired) electrons. The molecule has 0 aromatic heterocycles. The van der Waals surface area contributed by atoms with E-state index < -0.39 is 5.97 Å². The Morgan fingerprint density at radius 3 is 2.90 bits per heavy atom. The first-order chi connectivity index (χ1) is 9.54. The number of likely N-dealkylation sites (tertiary alicyclic amines) is 1. The summed E-state index contributed by atoms with van der Waals surface area (Å²) in [6.45, 7) is 1.44. The summed E-state index contributed by atoms with van der Waals surface area (Å²) in [5.74, 6) is -0.303. The minimum absolute atomic E-state index is 0.126. The topological polar surface area (TPSA) is 57.6 Å². The van der Waals surface area contributed by atoms with Crippen molar-refractivity contribution < 1.29 is 14.7 Å². The summed E-state index contributed by atoms with van der Waals surface area (Å²) in [5, 5.41) is 8.68. The molecule has 5 heteroatoms. The van der Waals surface area contributed by atoms with Crippen molar-refractivity contribution in [1.29, 1.82) is 0 Å². The number of carboxylic acids is 1. The molecule has 1 aliphatic heterocycles. The van der Waals surface area contributed by atoms with Gasteiger partial charge in [-0.3, -0.25) is 9.59 Å². The first kappa shape index (κ1) is 15.0. The SMILES string of the molecule is O=C(O)CCC1CCN(C(=O)Cc2cccc(Br)c2)C1. The van der Waals surface area contributed by atoms with E-state index in [-0.39, 0.29) is 12.3 Å². The van der Waals surface area contributed by atoms with E-state index >= 15 is 0 Å². The monoisotopic (exact) mass is 339 g/mol. The van der Waals surface area contributed by atoms with Crippen LogP contribution in [-0.2, 0) is 16.0 Å². The number of halogens is 1. The fourth-order valence-electron chi connectivity index (χ4n) is 2.56. The number of hydrogen-bond acceptors (Lipinski definition) is 2. The van der Waals surface area contributed by atoms with E-state index in [1.54, 1.807) is 0 Å². The Morgan fingerprint density at radius 2 is 2.20 bits per heavy atom. The van der Waals surface area contributed by atoms with Gasteiger partial charge in [0.2, 0.25) is 5.91 Å². The fourth-order valence-corrected chi connectivity index (χ4v) is 3.00. The van der Waals surface area contributed by atoms with Gasteiger partial charge in [-0.2, -0.15) is 0 Å². The zero-order chi connectivity index (χ0) is 14.5. The quantitative estimate of drug-likeness (QED) is 0.897. The number of hydrogen-bond donors (Lipinski definition) is 1. The highest BCUT2D eigenvalue weighted by atomic mass is 79.9. The first-order valence-corrected chi connectivity index (χ1v) is 7.58. The van der Waals surface area contributed by atoms with Crippen molar-refractivity contribution in [3.8, 4) is 0 Å². The molecule has 1 N–H and O–H groups in total. The number of carbonyl (C=O) groups excluding carboxylic acids is 1. The van der Waals surface area contributed by atoms with Crippen molar-refractivity contribution in [2.24, 2.45) is 5.92 Å². The van der Waals surface area contributed by atoms with Crippen LogP contribution in [0.25, 0.3) is 0 Å². The van der Waals surface area contributed by atoms with Crippen molar-refractivity contribution in [1.82, 2.24) is 4.90 Å². The Balaban J connectivity index is 1.83. The summed E-state index contributed by atoms with van der Waals surface area (Å²) in [5.41, 5.74) is 0.998.